The largest absolute Gasteiger partial charge is 0.464 e. The zero-order chi connectivity index (χ0) is 17.6. The van der Waals surface area contributed by atoms with Gasteiger partial charge in [-0.15, -0.1) is 0 Å². The van der Waals surface area contributed by atoms with Crippen LogP contribution in [0.4, 0.5) is 0 Å². The number of nitrogens with two attached hydrogens (primary N) is 1. The first-order valence-electron chi connectivity index (χ1n) is 8.20. The average Bonchev–Trinajstić information content (AvgIpc) is 2.85. The number of rotatable bonds is 8. The van der Waals surface area contributed by atoms with Crippen LogP contribution in [0.5, 0.6) is 0 Å². The highest BCUT2D eigenvalue weighted by Crippen LogP contribution is 2.30. The van der Waals surface area contributed by atoms with E-state index in [1.807, 2.05) is 37.3 Å². The summed E-state index contributed by atoms with van der Waals surface area (Å²) in [5, 5.41) is 1.19. The van der Waals surface area contributed by atoms with Crippen molar-refractivity contribution in [1.29, 1.82) is 0 Å². The molecule has 1 amide bonds. The monoisotopic (exact) mass is 335 g/mol. The topological polar surface area (TPSA) is 93.9 Å². The minimum Gasteiger partial charge on any atom is -0.464 e. The van der Waals surface area contributed by atoms with E-state index in [-0.39, 0.29) is 25.7 Å². The molecule has 132 valence electrons. The van der Waals surface area contributed by atoms with Crippen molar-refractivity contribution >= 4 is 11.9 Å². The average molecular weight is 335 g/mol. The van der Waals surface area contributed by atoms with E-state index in [1.54, 1.807) is 6.92 Å². The molecule has 1 aliphatic heterocycles. The molecule has 0 aromatic heterocycles. The van der Waals surface area contributed by atoms with Crippen LogP contribution in [0.3, 0.4) is 0 Å². The van der Waals surface area contributed by atoms with Gasteiger partial charge in [0, 0.05) is 5.92 Å². The molecule has 7 nitrogen and oxygen atoms in total. The van der Waals surface area contributed by atoms with E-state index in [0.717, 1.165) is 18.4 Å². The van der Waals surface area contributed by atoms with E-state index >= 15 is 0 Å². The zero-order valence-corrected chi connectivity index (χ0v) is 14.2. The Hall–Kier alpha value is -1.96. The molecule has 1 aromatic carbocycles. The second-order valence-electron chi connectivity index (χ2n) is 5.97. The summed E-state index contributed by atoms with van der Waals surface area (Å²) in [4.78, 5) is 30.8. The lowest BCUT2D eigenvalue weighted by molar-refractivity contribution is -0.188. The van der Waals surface area contributed by atoms with Crippen LogP contribution >= 0.6 is 0 Å². The number of esters is 1. The minimum absolute atomic E-state index is 0.241. The number of hydrogen-bond acceptors (Lipinski definition) is 6. The van der Waals surface area contributed by atoms with Crippen LogP contribution in [0, 0.1) is 5.92 Å². The molecule has 0 spiro atoms. The number of hydrogen-bond donors (Lipinski definition) is 2. The molecule has 2 unspecified atom stereocenters. The second-order valence-corrected chi connectivity index (χ2v) is 5.97. The Morgan fingerprint density at radius 2 is 2.12 bits per heavy atom. The molecular formula is C17H25N3O4. The fraction of sp³-hybridized carbons (Fsp3) is 0.529. The van der Waals surface area contributed by atoms with Gasteiger partial charge < -0.3 is 4.74 Å². The maximum Gasteiger partial charge on any atom is 0.337 e. The molecule has 2 atom stereocenters. The van der Waals surface area contributed by atoms with Gasteiger partial charge in [0.1, 0.15) is 6.61 Å². The van der Waals surface area contributed by atoms with Crippen molar-refractivity contribution in [3.05, 3.63) is 35.9 Å². The number of hydroxylamine groups is 2. The Labute approximate surface area is 142 Å². The lowest BCUT2D eigenvalue weighted by atomic mass is 9.88. The van der Waals surface area contributed by atoms with Gasteiger partial charge in [-0.1, -0.05) is 50.6 Å². The molecule has 0 radical (unpaired) electrons. The van der Waals surface area contributed by atoms with Crippen LogP contribution in [0.15, 0.2) is 30.3 Å². The van der Waals surface area contributed by atoms with Crippen LogP contribution in [0.1, 0.15) is 32.3 Å². The van der Waals surface area contributed by atoms with Gasteiger partial charge in [0.15, 0.2) is 0 Å². The van der Waals surface area contributed by atoms with Crippen LogP contribution in [0.25, 0.3) is 0 Å². The number of carbonyl (C=O) groups is 2. The molecule has 1 aromatic rings. The van der Waals surface area contributed by atoms with Crippen molar-refractivity contribution < 1.29 is 19.2 Å². The van der Waals surface area contributed by atoms with Crippen molar-refractivity contribution in [3.8, 4) is 0 Å². The lowest BCUT2D eigenvalue weighted by Crippen LogP contribution is -2.63. The maximum absolute atomic E-state index is 12.7. The first-order valence-corrected chi connectivity index (χ1v) is 8.20. The Morgan fingerprint density at radius 1 is 1.42 bits per heavy atom. The van der Waals surface area contributed by atoms with Crippen molar-refractivity contribution in [3.63, 3.8) is 0 Å². The Morgan fingerprint density at radius 3 is 2.75 bits per heavy atom. The molecule has 2 rings (SSSR count). The quantitative estimate of drug-likeness (QED) is 0.243. The summed E-state index contributed by atoms with van der Waals surface area (Å²) in [5.74, 6) is 4.03. The van der Waals surface area contributed by atoms with Gasteiger partial charge in [0.05, 0.1) is 13.2 Å². The van der Waals surface area contributed by atoms with Crippen molar-refractivity contribution in [1.82, 2.24) is 10.5 Å². The number of unbranched alkanes of at least 4 members (excludes halogenated alkanes) is 1. The number of carbonyl (C=O) groups excluding carboxylic acids is 2. The number of benzene rings is 1. The van der Waals surface area contributed by atoms with Gasteiger partial charge >= 0.3 is 5.97 Å². The minimum atomic E-state index is -1.59. The van der Waals surface area contributed by atoms with Crippen LogP contribution in [-0.4, -0.2) is 35.6 Å². The summed E-state index contributed by atoms with van der Waals surface area (Å²) < 4.78 is 5.23. The summed E-state index contributed by atoms with van der Waals surface area (Å²) in [6, 6.07) is 9.49. The summed E-state index contributed by atoms with van der Waals surface area (Å²) in [5.41, 5.74) is 1.73. The third-order valence-electron chi connectivity index (χ3n) is 4.25. The molecule has 1 aliphatic rings. The van der Waals surface area contributed by atoms with E-state index in [9.17, 15) is 9.59 Å². The summed E-state index contributed by atoms with van der Waals surface area (Å²) >= 11 is 0. The zero-order valence-electron chi connectivity index (χ0n) is 14.2. The molecule has 0 aliphatic carbocycles. The van der Waals surface area contributed by atoms with Gasteiger partial charge in [-0.05, 0) is 12.0 Å². The molecule has 0 bridgehead atoms. The normalized spacial score (nSPS) is 23.5. The Kier molecular flexibility index (Phi) is 6.30. The summed E-state index contributed by atoms with van der Waals surface area (Å²) in [6.45, 7) is 4.53. The maximum atomic E-state index is 12.7. The fourth-order valence-corrected chi connectivity index (χ4v) is 2.69. The van der Waals surface area contributed by atoms with Crippen molar-refractivity contribution in [2.75, 3.05) is 13.2 Å². The van der Waals surface area contributed by atoms with E-state index in [2.05, 4.69) is 5.43 Å². The number of ether oxygens (including phenoxy) is 1. The number of amides is 1. The highest BCUT2D eigenvalue weighted by Gasteiger charge is 2.59. The highest BCUT2D eigenvalue weighted by atomic mass is 16.7. The molecular weight excluding hydrogens is 310 g/mol. The number of hydrazine groups is 1. The molecule has 1 saturated heterocycles. The van der Waals surface area contributed by atoms with Gasteiger partial charge in [0.2, 0.25) is 5.54 Å². The van der Waals surface area contributed by atoms with Crippen LogP contribution < -0.4 is 11.3 Å². The smallest absolute Gasteiger partial charge is 0.337 e. The number of nitrogens with zero attached hydrogens (tertiary/aromatic N) is 1. The third kappa shape index (κ3) is 3.58. The molecule has 3 N–H and O–H groups in total. The van der Waals surface area contributed by atoms with Gasteiger partial charge in [0.25, 0.3) is 5.91 Å². The second kappa shape index (κ2) is 8.23. The molecule has 7 heteroatoms. The summed E-state index contributed by atoms with van der Waals surface area (Å²) in [7, 11) is 0. The molecule has 1 heterocycles. The van der Waals surface area contributed by atoms with Gasteiger partial charge in [-0.25, -0.2) is 15.3 Å². The first kappa shape index (κ1) is 18.4. The number of nitrogens with one attached hydrogen (secondary N) is 1. The lowest BCUT2D eigenvalue weighted by Gasteiger charge is -2.27. The van der Waals surface area contributed by atoms with Gasteiger partial charge in [-0.3, -0.25) is 15.5 Å². The predicted molar refractivity (Wildman–Crippen MR) is 88.0 cm³/mol. The standard InChI is InChI=1S/C17H25N3O4/c1-3-4-10-23-16(22)17(19-18)13(2)11-20(15(17)21)24-12-14-8-6-5-7-9-14/h5-9,13,19H,3-4,10-12,18H2,1-2H3. The van der Waals surface area contributed by atoms with Crippen LogP contribution in [-0.2, 0) is 25.8 Å². The van der Waals surface area contributed by atoms with Crippen molar-refractivity contribution in [2.24, 2.45) is 11.8 Å². The molecule has 24 heavy (non-hydrogen) atoms. The SMILES string of the molecule is CCCCOC(=O)C1(NN)C(=O)N(OCc2ccccc2)CC1C. The highest BCUT2D eigenvalue weighted by molar-refractivity contribution is 6.09. The van der Waals surface area contributed by atoms with E-state index in [4.69, 9.17) is 15.4 Å². The van der Waals surface area contributed by atoms with Crippen LogP contribution in [0.2, 0.25) is 0 Å². The van der Waals surface area contributed by atoms with E-state index < -0.39 is 17.4 Å². The third-order valence-corrected chi connectivity index (χ3v) is 4.25. The van der Waals surface area contributed by atoms with E-state index in [0.29, 0.717) is 0 Å². The first-order chi connectivity index (χ1) is 11.6. The summed E-state index contributed by atoms with van der Waals surface area (Å²) in [6.07, 6.45) is 1.63. The van der Waals surface area contributed by atoms with E-state index in [1.165, 1.54) is 5.06 Å². The fourth-order valence-electron chi connectivity index (χ4n) is 2.69. The molecule has 0 saturated carbocycles. The Bertz CT molecular complexity index is 566. The van der Waals surface area contributed by atoms with Crippen molar-refractivity contribution in [2.45, 2.75) is 38.8 Å². The predicted octanol–water partition coefficient (Wildman–Crippen LogP) is 1.14. The molecule has 1 fully saturated rings. The Balaban J connectivity index is 2.04. The van der Waals surface area contributed by atoms with Gasteiger partial charge in [-0.2, -0.15) is 0 Å².